The summed E-state index contributed by atoms with van der Waals surface area (Å²) in [6.07, 6.45) is 1.20. The Hall–Kier alpha value is -1.43. The maximum absolute atomic E-state index is 12.3. The van der Waals surface area contributed by atoms with E-state index in [1.54, 1.807) is 10.7 Å². The van der Waals surface area contributed by atoms with Gasteiger partial charge in [-0.2, -0.15) is 5.10 Å². The van der Waals surface area contributed by atoms with Crippen LogP contribution in [0.3, 0.4) is 0 Å². The number of aryl methyl sites for hydroxylation is 1. The summed E-state index contributed by atoms with van der Waals surface area (Å²) in [6.45, 7) is 8.76. The Bertz CT molecular complexity index is 480. The summed E-state index contributed by atoms with van der Waals surface area (Å²) in [4.78, 5) is 12.2. The van der Waals surface area contributed by atoms with Gasteiger partial charge in [0.05, 0.1) is 6.67 Å². The zero-order valence-corrected chi connectivity index (χ0v) is 14.0. The summed E-state index contributed by atoms with van der Waals surface area (Å²) >= 11 is 0. The van der Waals surface area contributed by atoms with Gasteiger partial charge in [0.25, 0.3) is 5.91 Å². The maximum Gasteiger partial charge on any atom is 0.271 e. The molecule has 1 aromatic heterocycles. The highest BCUT2D eigenvalue weighted by Gasteiger charge is 2.23. The van der Waals surface area contributed by atoms with Crippen LogP contribution in [0, 0.1) is 5.92 Å². The van der Waals surface area contributed by atoms with Crippen molar-refractivity contribution in [3.63, 3.8) is 0 Å². The highest BCUT2D eigenvalue weighted by molar-refractivity contribution is 5.92. The summed E-state index contributed by atoms with van der Waals surface area (Å²) in [5.41, 5.74) is 1.20. The standard InChI is InChI=1S/C16H28FN3O2/c1-12(11-21)10-18-15(22)13-9-14(16(2,3)4)20(19-13)8-6-5-7-17/h9,12,21H,5-8,10-11H2,1-4H3,(H,18,22). The quantitative estimate of drug-likeness (QED) is 0.724. The number of alkyl halides is 1. The number of carbonyl (C=O) groups excluding carboxylic acids is 1. The molecule has 0 aliphatic rings. The number of nitrogens with zero attached hydrogens (tertiary/aromatic N) is 2. The third kappa shape index (κ3) is 5.40. The van der Waals surface area contributed by atoms with Crippen LogP contribution >= 0.6 is 0 Å². The molecule has 126 valence electrons. The van der Waals surface area contributed by atoms with Crippen molar-refractivity contribution < 1.29 is 14.3 Å². The van der Waals surface area contributed by atoms with E-state index in [1.807, 2.05) is 6.92 Å². The van der Waals surface area contributed by atoms with E-state index in [0.29, 0.717) is 31.6 Å². The van der Waals surface area contributed by atoms with Gasteiger partial charge in [0.2, 0.25) is 0 Å². The van der Waals surface area contributed by atoms with Crippen LogP contribution in [0.5, 0.6) is 0 Å². The first kappa shape index (κ1) is 18.6. The molecule has 1 aromatic rings. The van der Waals surface area contributed by atoms with Crippen molar-refractivity contribution in [3.05, 3.63) is 17.5 Å². The lowest BCUT2D eigenvalue weighted by Crippen LogP contribution is -2.29. The lowest BCUT2D eigenvalue weighted by atomic mass is 9.91. The zero-order valence-electron chi connectivity index (χ0n) is 14.0. The molecule has 5 nitrogen and oxygen atoms in total. The molecule has 22 heavy (non-hydrogen) atoms. The number of carbonyl (C=O) groups is 1. The average Bonchev–Trinajstić information content (AvgIpc) is 2.89. The fraction of sp³-hybridized carbons (Fsp3) is 0.750. The molecule has 1 amide bonds. The Morgan fingerprint density at radius 3 is 2.68 bits per heavy atom. The topological polar surface area (TPSA) is 67.2 Å². The molecule has 0 aromatic carbocycles. The Kier molecular flexibility index (Phi) is 7.00. The first-order valence-corrected chi connectivity index (χ1v) is 7.83. The van der Waals surface area contributed by atoms with Gasteiger partial charge < -0.3 is 10.4 Å². The molecule has 1 heterocycles. The Morgan fingerprint density at radius 2 is 2.14 bits per heavy atom. The number of nitrogens with one attached hydrogen (secondary N) is 1. The van der Waals surface area contributed by atoms with Crippen LogP contribution < -0.4 is 5.32 Å². The van der Waals surface area contributed by atoms with Crippen LogP contribution in [0.25, 0.3) is 0 Å². The maximum atomic E-state index is 12.3. The van der Waals surface area contributed by atoms with Gasteiger partial charge >= 0.3 is 0 Å². The summed E-state index contributed by atoms with van der Waals surface area (Å²) in [5.74, 6) is -0.229. The lowest BCUT2D eigenvalue weighted by Gasteiger charge is -2.20. The third-order valence-electron chi connectivity index (χ3n) is 3.46. The Balaban J connectivity index is 2.85. The van der Waals surface area contributed by atoms with Gasteiger partial charge in [-0.25, -0.2) is 0 Å². The number of unbranched alkanes of at least 4 members (excludes halogenated alkanes) is 1. The van der Waals surface area contributed by atoms with E-state index in [-0.39, 0.29) is 30.5 Å². The molecule has 0 aliphatic heterocycles. The molecule has 0 aliphatic carbocycles. The van der Waals surface area contributed by atoms with Gasteiger partial charge in [-0.3, -0.25) is 13.9 Å². The average molecular weight is 313 g/mol. The van der Waals surface area contributed by atoms with Crippen LogP contribution in [-0.2, 0) is 12.0 Å². The minimum atomic E-state index is -0.335. The third-order valence-corrected chi connectivity index (χ3v) is 3.46. The number of halogens is 1. The molecule has 0 bridgehead atoms. The van der Waals surface area contributed by atoms with Crippen LogP contribution in [-0.4, -0.2) is 40.6 Å². The van der Waals surface area contributed by atoms with Crippen molar-refractivity contribution in [2.75, 3.05) is 19.8 Å². The van der Waals surface area contributed by atoms with E-state index in [9.17, 15) is 9.18 Å². The minimum Gasteiger partial charge on any atom is -0.396 e. The summed E-state index contributed by atoms with van der Waals surface area (Å²) < 4.78 is 14.1. The van der Waals surface area contributed by atoms with Gasteiger partial charge in [0.15, 0.2) is 0 Å². The van der Waals surface area contributed by atoms with Crippen molar-refractivity contribution in [2.24, 2.45) is 5.92 Å². The minimum absolute atomic E-state index is 0.0117. The molecule has 1 atom stereocenters. The summed E-state index contributed by atoms with van der Waals surface area (Å²) in [7, 11) is 0. The van der Waals surface area contributed by atoms with Gasteiger partial charge in [0.1, 0.15) is 5.69 Å². The molecule has 0 radical (unpaired) electrons. The van der Waals surface area contributed by atoms with Crippen molar-refractivity contribution in [1.29, 1.82) is 0 Å². The van der Waals surface area contributed by atoms with Crippen molar-refractivity contribution in [1.82, 2.24) is 15.1 Å². The van der Waals surface area contributed by atoms with Crippen LogP contribution in [0.2, 0.25) is 0 Å². The van der Waals surface area contributed by atoms with Gasteiger partial charge in [-0.05, 0) is 24.8 Å². The van der Waals surface area contributed by atoms with Gasteiger partial charge in [0, 0.05) is 30.8 Å². The van der Waals surface area contributed by atoms with Gasteiger partial charge in [-0.1, -0.05) is 27.7 Å². The highest BCUT2D eigenvalue weighted by Crippen LogP contribution is 2.23. The zero-order chi connectivity index (χ0) is 16.8. The number of aliphatic hydroxyl groups excluding tert-OH is 1. The molecule has 0 saturated heterocycles. The highest BCUT2D eigenvalue weighted by atomic mass is 19.1. The SMILES string of the molecule is CC(CO)CNC(=O)c1cc(C(C)(C)C)n(CCCCF)n1. The number of aliphatic hydroxyl groups is 1. The smallest absolute Gasteiger partial charge is 0.271 e. The number of hydrogen-bond donors (Lipinski definition) is 2. The van der Waals surface area contributed by atoms with Crippen molar-refractivity contribution >= 4 is 5.91 Å². The molecule has 2 N–H and O–H groups in total. The fourth-order valence-corrected chi connectivity index (χ4v) is 2.08. The van der Waals surface area contributed by atoms with Crippen molar-refractivity contribution in [2.45, 2.75) is 52.5 Å². The van der Waals surface area contributed by atoms with E-state index >= 15 is 0 Å². The van der Waals surface area contributed by atoms with E-state index in [2.05, 4.69) is 31.2 Å². The molecule has 0 fully saturated rings. The second kappa shape index (κ2) is 8.27. The number of amides is 1. The number of rotatable bonds is 8. The normalized spacial score (nSPS) is 13.2. The molecule has 1 unspecified atom stereocenters. The summed E-state index contributed by atoms with van der Waals surface area (Å²) in [6, 6.07) is 1.80. The lowest BCUT2D eigenvalue weighted by molar-refractivity contribution is 0.0936. The second-order valence-electron chi connectivity index (χ2n) is 6.78. The summed E-state index contributed by atoms with van der Waals surface area (Å²) in [5, 5.41) is 16.1. The fourth-order valence-electron chi connectivity index (χ4n) is 2.08. The predicted octanol–water partition coefficient (Wildman–Crippen LogP) is 2.29. The van der Waals surface area contributed by atoms with E-state index < -0.39 is 0 Å². The molecular formula is C16H28FN3O2. The molecule has 0 spiro atoms. The predicted molar refractivity (Wildman–Crippen MR) is 84.7 cm³/mol. The second-order valence-corrected chi connectivity index (χ2v) is 6.78. The van der Waals surface area contributed by atoms with Gasteiger partial charge in [-0.15, -0.1) is 0 Å². The first-order valence-electron chi connectivity index (χ1n) is 7.83. The van der Waals surface area contributed by atoms with E-state index in [0.717, 1.165) is 5.69 Å². The molecule has 6 heteroatoms. The van der Waals surface area contributed by atoms with Crippen LogP contribution in [0.15, 0.2) is 6.07 Å². The van der Waals surface area contributed by atoms with E-state index in [4.69, 9.17) is 5.11 Å². The molecule has 0 saturated carbocycles. The first-order chi connectivity index (χ1) is 10.3. The molecule has 1 rings (SSSR count). The van der Waals surface area contributed by atoms with E-state index in [1.165, 1.54) is 0 Å². The monoisotopic (exact) mass is 313 g/mol. The largest absolute Gasteiger partial charge is 0.396 e. The molecular weight excluding hydrogens is 285 g/mol. The van der Waals surface area contributed by atoms with Crippen LogP contribution in [0.4, 0.5) is 4.39 Å². The van der Waals surface area contributed by atoms with Crippen molar-refractivity contribution in [3.8, 4) is 0 Å². The Morgan fingerprint density at radius 1 is 1.45 bits per heavy atom. The number of hydrogen-bond acceptors (Lipinski definition) is 3. The Labute approximate surface area is 131 Å². The number of aromatic nitrogens is 2. The van der Waals surface area contributed by atoms with Crippen LogP contribution in [0.1, 0.15) is 56.7 Å².